The van der Waals surface area contributed by atoms with E-state index in [1.165, 1.54) is 0 Å². The third-order valence-electron chi connectivity index (χ3n) is 2.48. The lowest BCUT2D eigenvalue weighted by Gasteiger charge is -2.18. The molecule has 0 aliphatic carbocycles. The molecule has 4 nitrogen and oxygen atoms in total. The molecule has 1 aromatic rings. The maximum absolute atomic E-state index is 5.90. The predicted octanol–water partition coefficient (Wildman–Crippen LogP) is 0.888. The maximum Gasteiger partial charge on any atom is 0.170 e. The van der Waals surface area contributed by atoms with Gasteiger partial charge in [0.15, 0.2) is 11.6 Å². The Morgan fingerprint density at radius 2 is 2.40 bits per heavy atom. The van der Waals surface area contributed by atoms with Crippen LogP contribution in [0, 0.1) is 0 Å². The molecule has 15 heavy (non-hydrogen) atoms. The Hall–Kier alpha value is -1.29. The van der Waals surface area contributed by atoms with Gasteiger partial charge in [0.2, 0.25) is 0 Å². The Kier molecular flexibility index (Phi) is 3.06. The molecule has 1 aliphatic rings. The standard InChI is InChI=1S/C11H17N3O/c1-14(2)11-10(4-3-6-13-11)15-9-5-7-12-8-9/h3-4,6,9,12H,5,7-8H2,1-2H3. The van der Waals surface area contributed by atoms with Crippen LogP contribution in [0.5, 0.6) is 5.75 Å². The van der Waals surface area contributed by atoms with Crippen molar-refractivity contribution in [2.24, 2.45) is 0 Å². The number of pyridine rings is 1. The van der Waals surface area contributed by atoms with Crippen LogP contribution in [-0.2, 0) is 0 Å². The van der Waals surface area contributed by atoms with Gasteiger partial charge in [-0.1, -0.05) is 0 Å². The minimum Gasteiger partial charge on any atom is -0.485 e. The van der Waals surface area contributed by atoms with E-state index in [4.69, 9.17) is 4.74 Å². The van der Waals surface area contributed by atoms with Crippen LogP contribution in [0.1, 0.15) is 6.42 Å². The van der Waals surface area contributed by atoms with Gasteiger partial charge in [-0.05, 0) is 25.1 Å². The van der Waals surface area contributed by atoms with E-state index < -0.39 is 0 Å². The van der Waals surface area contributed by atoms with E-state index >= 15 is 0 Å². The van der Waals surface area contributed by atoms with E-state index in [1.807, 2.05) is 31.1 Å². The van der Waals surface area contributed by atoms with Gasteiger partial charge in [-0.2, -0.15) is 0 Å². The molecule has 0 amide bonds. The number of nitrogens with zero attached hydrogens (tertiary/aromatic N) is 2. The molecule has 0 aromatic carbocycles. The molecule has 1 aromatic heterocycles. The molecule has 1 N–H and O–H groups in total. The number of anilines is 1. The number of hydrogen-bond donors (Lipinski definition) is 1. The normalized spacial score (nSPS) is 20.3. The average molecular weight is 207 g/mol. The van der Waals surface area contributed by atoms with Crippen molar-refractivity contribution in [3.63, 3.8) is 0 Å². The van der Waals surface area contributed by atoms with Crippen molar-refractivity contribution in [2.45, 2.75) is 12.5 Å². The zero-order chi connectivity index (χ0) is 10.7. The third kappa shape index (κ3) is 2.39. The summed E-state index contributed by atoms with van der Waals surface area (Å²) in [7, 11) is 3.95. The summed E-state index contributed by atoms with van der Waals surface area (Å²) in [5.74, 6) is 1.76. The van der Waals surface area contributed by atoms with Crippen LogP contribution in [0.2, 0.25) is 0 Å². The van der Waals surface area contributed by atoms with Crippen molar-refractivity contribution < 1.29 is 4.74 Å². The lowest BCUT2D eigenvalue weighted by molar-refractivity contribution is 0.223. The van der Waals surface area contributed by atoms with Crippen LogP contribution >= 0.6 is 0 Å². The molecule has 82 valence electrons. The first-order chi connectivity index (χ1) is 7.27. The molecule has 1 aliphatic heterocycles. The summed E-state index contributed by atoms with van der Waals surface area (Å²) < 4.78 is 5.90. The Balaban J connectivity index is 2.12. The predicted molar refractivity (Wildman–Crippen MR) is 60.5 cm³/mol. The molecule has 1 atom stereocenters. The van der Waals surface area contributed by atoms with Gasteiger partial charge in [0, 0.05) is 26.8 Å². The molecule has 4 heteroatoms. The van der Waals surface area contributed by atoms with Gasteiger partial charge in [-0.15, -0.1) is 0 Å². The molecule has 1 unspecified atom stereocenters. The van der Waals surface area contributed by atoms with Gasteiger partial charge in [0.25, 0.3) is 0 Å². The van der Waals surface area contributed by atoms with E-state index in [2.05, 4.69) is 10.3 Å². The fraction of sp³-hybridized carbons (Fsp3) is 0.545. The average Bonchev–Trinajstić information content (AvgIpc) is 2.71. The Bertz CT molecular complexity index is 321. The molecule has 1 saturated heterocycles. The number of rotatable bonds is 3. The molecule has 2 rings (SSSR count). The van der Waals surface area contributed by atoms with Gasteiger partial charge in [0.1, 0.15) is 6.10 Å². The summed E-state index contributed by atoms with van der Waals surface area (Å²) in [6, 6.07) is 3.88. The quantitative estimate of drug-likeness (QED) is 0.798. The van der Waals surface area contributed by atoms with E-state index in [-0.39, 0.29) is 6.10 Å². The van der Waals surface area contributed by atoms with Crippen molar-refractivity contribution in [2.75, 3.05) is 32.1 Å². The summed E-state index contributed by atoms with van der Waals surface area (Å²) >= 11 is 0. The Morgan fingerprint density at radius 3 is 3.07 bits per heavy atom. The fourth-order valence-corrected chi connectivity index (χ4v) is 1.72. The highest BCUT2D eigenvalue weighted by Gasteiger charge is 2.18. The Morgan fingerprint density at radius 1 is 1.53 bits per heavy atom. The molecule has 0 saturated carbocycles. The topological polar surface area (TPSA) is 37.4 Å². The Labute approximate surface area is 90.3 Å². The van der Waals surface area contributed by atoms with Crippen molar-refractivity contribution in [1.82, 2.24) is 10.3 Å². The van der Waals surface area contributed by atoms with Gasteiger partial charge >= 0.3 is 0 Å². The second-order valence-corrected chi connectivity index (χ2v) is 3.95. The SMILES string of the molecule is CN(C)c1ncccc1OC1CCNC1. The fourth-order valence-electron chi connectivity index (χ4n) is 1.72. The van der Waals surface area contributed by atoms with Gasteiger partial charge in [0.05, 0.1) is 0 Å². The molecule has 0 bridgehead atoms. The summed E-state index contributed by atoms with van der Waals surface area (Å²) in [6.45, 7) is 1.98. The third-order valence-corrected chi connectivity index (χ3v) is 2.48. The summed E-state index contributed by atoms with van der Waals surface area (Å²) in [4.78, 5) is 6.27. The molecule has 0 spiro atoms. The van der Waals surface area contributed by atoms with Gasteiger partial charge in [-0.3, -0.25) is 0 Å². The first-order valence-corrected chi connectivity index (χ1v) is 5.27. The highest BCUT2D eigenvalue weighted by atomic mass is 16.5. The minimum absolute atomic E-state index is 0.285. The van der Waals surface area contributed by atoms with Crippen LogP contribution in [-0.4, -0.2) is 38.3 Å². The van der Waals surface area contributed by atoms with E-state index in [0.717, 1.165) is 31.1 Å². The van der Waals surface area contributed by atoms with E-state index in [9.17, 15) is 0 Å². The van der Waals surface area contributed by atoms with Crippen molar-refractivity contribution in [3.8, 4) is 5.75 Å². The second-order valence-electron chi connectivity index (χ2n) is 3.95. The second kappa shape index (κ2) is 4.49. The van der Waals surface area contributed by atoms with Crippen molar-refractivity contribution >= 4 is 5.82 Å². The summed E-state index contributed by atoms with van der Waals surface area (Å²) in [6.07, 6.45) is 3.14. The first kappa shape index (κ1) is 10.2. The minimum atomic E-state index is 0.285. The molecule has 1 fully saturated rings. The van der Waals surface area contributed by atoms with Crippen molar-refractivity contribution in [1.29, 1.82) is 0 Å². The highest BCUT2D eigenvalue weighted by molar-refractivity contribution is 5.50. The molecule has 0 radical (unpaired) electrons. The van der Waals surface area contributed by atoms with E-state index in [1.54, 1.807) is 6.20 Å². The lowest BCUT2D eigenvalue weighted by Crippen LogP contribution is -2.21. The van der Waals surface area contributed by atoms with Crippen LogP contribution in [0.3, 0.4) is 0 Å². The lowest BCUT2D eigenvalue weighted by atomic mass is 10.3. The maximum atomic E-state index is 5.90. The monoisotopic (exact) mass is 207 g/mol. The zero-order valence-corrected chi connectivity index (χ0v) is 9.23. The largest absolute Gasteiger partial charge is 0.485 e. The van der Waals surface area contributed by atoms with Crippen LogP contribution in [0.15, 0.2) is 18.3 Å². The van der Waals surface area contributed by atoms with Crippen molar-refractivity contribution in [3.05, 3.63) is 18.3 Å². The molecular formula is C11H17N3O. The van der Waals surface area contributed by atoms with Gasteiger partial charge in [-0.25, -0.2) is 4.98 Å². The number of aromatic nitrogens is 1. The van der Waals surface area contributed by atoms with Gasteiger partial charge < -0.3 is 15.0 Å². The van der Waals surface area contributed by atoms with Crippen LogP contribution in [0.25, 0.3) is 0 Å². The first-order valence-electron chi connectivity index (χ1n) is 5.27. The zero-order valence-electron chi connectivity index (χ0n) is 9.23. The number of hydrogen-bond acceptors (Lipinski definition) is 4. The highest BCUT2D eigenvalue weighted by Crippen LogP contribution is 2.25. The number of nitrogens with one attached hydrogen (secondary N) is 1. The molecular weight excluding hydrogens is 190 g/mol. The smallest absolute Gasteiger partial charge is 0.170 e. The summed E-state index contributed by atoms with van der Waals surface area (Å²) in [5.41, 5.74) is 0. The number of ether oxygens (including phenoxy) is 1. The van der Waals surface area contributed by atoms with Crippen LogP contribution in [0.4, 0.5) is 5.82 Å². The van der Waals surface area contributed by atoms with E-state index in [0.29, 0.717) is 0 Å². The van der Waals surface area contributed by atoms with Crippen LogP contribution < -0.4 is 15.0 Å². The molecule has 2 heterocycles. The summed E-state index contributed by atoms with van der Waals surface area (Å²) in [5, 5.41) is 3.28.